The van der Waals surface area contributed by atoms with Gasteiger partial charge in [0.2, 0.25) is 5.28 Å². The first-order valence-corrected chi connectivity index (χ1v) is 5.78. The molecule has 7 nitrogen and oxygen atoms in total. The number of carboxylic acids is 1. The normalized spacial score (nSPS) is 10.9. The number of esters is 1. The molecule has 0 aliphatic rings. The predicted molar refractivity (Wildman–Crippen MR) is 68.3 cm³/mol. The molecule has 8 heteroatoms. The van der Waals surface area contributed by atoms with Gasteiger partial charge in [-0.05, 0) is 32.4 Å². The molecule has 1 heterocycles. The predicted octanol–water partition coefficient (Wildman–Crippen LogP) is 1.58. The summed E-state index contributed by atoms with van der Waals surface area (Å²) in [5, 5.41) is 11.4. The zero-order valence-corrected chi connectivity index (χ0v) is 11.5. The molecule has 0 aliphatic heterocycles. The van der Waals surface area contributed by atoms with Gasteiger partial charge in [0.15, 0.2) is 0 Å². The van der Waals surface area contributed by atoms with Gasteiger partial charge in [0.1, 0.15) is 23.5 Å². The number of hydrogen-bond donors (Lipinski definition) is 2. The molecule has 0 amide bonds. The molecular formula is C11H14ClN3O4. The maximum Gasteiger partial charge on any atom is 0.341 e. The van der Waals surface area contributed by atoms with E-state index in [0.717, 1.165) is 6.20 Å². The molecule has 0 fully saturated rings. The molecular weight excluding hydrogens is 274 g/mol. The Bertz CT molecular complexity index is 499. The van der Waals surface area contributed by atoms with Gasteiger partial charge in [-0.25, -0.2) is 9.78 Å². The number of carboxylic acid groups (broad SMARTS) is 1. The van der Waals surface area contributed by atoms with Crippen LogP contribution in [-0.4, -0.2) is 39.2 Å². The highest BCUT2D eigenvalue weighted by atomic mass is 35.5. The van der Waals surface area contributed by atoms with Crippen molar-refractivity contribution in [1.29, 1.82) is 0 Å². The second kappa shape index (κ2) is 5.83. The molecule has 0 saturated carbocycles. The van der Waals surface area contributed by atoms with Crippen molar-refractivity contribution >= 4 is 29.4 Å². The van der Waals surface area contributed by atoms with Crippen molar-refractivity contribution in [3.63, 3.8) is 0 Å². The molecule has 19 heavy (non-hydrogen) atoms. The summed E-state index contributed by atoms with van der Waals surface area (Å²) in [7, 11) is 0. The summed E-state index contributed by atoms with van der Waals surface area (Å²) in [6, 6.07) is 0. The van der Waals surface area contributed by atoms with Gasteiger partial charge in [0, 0.05) is 6.20 Å². The number of nitrogens with zero attached hydrogens (tertiary/aromatic N) is 2. The average molecular weight is 288 g/mol. The Balaban J connectivity index is 2.75. The van der Waals surface area contributed by atoms with E-state index in [1.54, 1.807) is 20.8 Å². The molecule has 0 radical (unpaired) electrons. The smallest absolute Gasteiger partial charge is 0.341 e. The molecule has 0 atom stereocenters. The molecule has 0 saturated heterocycles. The third-order valence-electron chi connectivity index (χ3n) is 1.81. The van der Waals surface area contributed by atoms with E-state index in [1.165, 1.54) is 0 Å². The van der Waals surface area contributed by atoms with Crippen LogP contribution in [-0.2, 0) is 9.53 Å². The molecule has 0 aromatic carbocycles. The van der Waals surface area contributed by atoms with Crippen molar-refractivity contribution in [2.24, 2.45) is 0 Å². The lowest BCUT2D eigenvalue weighted by atomic mass is 10.2. The molecule has 0 aliphatic carbocycles. The number of ether oxygens (including phenoxy) is 1. The minimum absolute atomic E-state index is 0.0293. The number of hydrogen-bond acceptors (Lipinski definition) is 6. The van der Waals surface area contributed by atoms with Crippen LogP contribution in [0.4, 0.5) is 5.82 Å². The van der Waals surface area contributed by atoms with Crippen LogP contribution in [0.1, 0.15) is 31.1 Å². The molecule has 1 rings (SSSR count). The van der Waals surface area contributed by atoms with Gasteiger partial charge in [-0.1, -0.05) is 0 Å². The van der Waals surface area contributed by atoms with Crippen molar-refractivity contribution in [2.45, 2.75) is 26.4 Å². The summed E-state index contributed by atoms with van der Waals surface area (Å²) in [4.78, 5) is 29.7. The number of carbonyl (C=O) groups is 2. The highest BCUT2D eigenvalue weighted by Crippen LogP contribution is 2.14. The second-order valence-electron chi connectivity index (χ2n) is 4.65. The van der Waals surface area contributed by atoms with E-state index in [-0.39, 0.29) is 23.2 Å². The summed E-state index contributed by atoms with van der Waals surface area (Å²) in [5.41, 5.74) is -0.787. The van der Waals surface area contributed by atoms with E-state index in [2.05, 4.69) is 15.3 Å². The highest BCUT2D eigenvalue weighted by Gasteiger charge is 2.18. The van der Waals surface area contributed by atoms with Gasteiger partial charge in [-0.2, -0.15) is 4.98 Å². The number of aromatic carboxylic acids is 1. The van der Waals surface area contributed by atoms with E-state index in [0.29, 0.717) is 0 Å². The lowest BCUT2D eigenvalue weighted by molar-refractivity contribution is -0.152. The van der Waals surface area contributed by atoms with Gasteiger partial charge < -0.3 is 15.2 Å². The van der Waals surface area contributed by atoms with Crippen molar-refractivity contribution in [3.8, 4) is 0 Å². The molecule has 0 bridgehead atoms. The summed E-state index contributed by atoms with van der Waals surface area (Å²) in [6.07, 6.45) is 1.06. The van der Waals surface area contributed by atoms with Crippen molar-refractivity contribution in [2.75, 3.05) is 11.9 Å². The minimum Gasteiger partial charge on any atom is -0.477 e. The fourth-order valence-corrected chi connectivity index (χ4v) is 1.32. The summed E-state index contributed by atoms with van der Waals surface area (Å²) in [5.74, 6) is -1.78. The third kappa shape index (κ3) is 5.09. The zero-order chi connectivity index (χ0) is 14.6. The van der Waals surface area contributed by atoms with Crippen molar-refractivity contribution in [3.05, 3.63) is 17.0 Å². The molecule has 1 aromatic rings. The first kappa shape index (κ1) is 15.2. The summed E-state index contributed by atoms with van der Waals surface area (Å²) in [6.45, 7) is 4.98. The number of anilines is 1. The number of aromatic nitrogens is 2. The van der Waals surface area contributed by atoms with Gasteiger partial charge in [-0.3, -0.25) is 4.79 Å². The molecule has 2 N–H and O–H groups in total. The number of halogens is 1. The SMILES string of the molecule is CC(C)(C)OC(=O)CNc1nc(Cl)ncc1C(=O)O. The Morgan fingerprint density at radius 3 is 2.63 bits per heavy atom. The van der Waals surface area contributed by atoms with Crippen LogP contribution >= 0.6 is 11.6 Å². The van der Waals surface area contributed by atoms with Crippen LogP contribution in [0, 0.1) is 0 Å². The van der Waals surface area contributed by atoms with Gasteiger partial charge >= 0.3 is 11.9 Å². The third-order valence-corrected chi connectivity index (χ3v) is 1.99. The minimum atomic E-state index is -1.22. The number of rotatable bonds is 4. The van der Waals surface area contributed by atoms with E-state index in [9.17, 15) is 9.59 Å². The Hall–Kier alpha value is -1.89. The lowest BCUT2D eigenvalue weighted by Gasteiger charge is -2.19. The first-order valence-electron chi connectivity index (χ1n) is 5.40. The van der Waals surface area contributed by atoms with Crippen LogP contribution in [0.25, 0.3) is 0 Å². The van der Waals surface area contributed by atoms with E-state index in [1.807, 2.05) is 0 Å². The molecule has 0 spiro atoms. The van der Waals surface area contributed by atoms with E-state index >= 15 is 0 Å². The zero-order valence-electron chi connectivity index (χ0n) is 10.7. The molecule has 0 unspecified atom stereocenters. The average Bonchev–Trinajstić information content (AvgIpc) is 2.23. The lowest BCUT2D eigenvalue weighted by Crippen LogP contribution is -2.28. The summed E-state index contributed by atoms with van der Waals surface area (Å²) >= 11 is 5.57. The second-order valence-corrected chi connectivity index (χ2v) is 4.98. The maximum atomic E-state index is 11.5. The number of nitrogens with one attached hydrogen (secondary N) is 1. The monoisotopic (exact) mass is 287 g/mol. The van der Waals surface area contributed by atoms with Crippen LogP contribution in [0.5, 0.6) is 0 Å². The number of carbonyl (C=O) groups excluding carboxylic acids is 1. The maximum absolute atomic E-state index is 11.5. The quantitative estimate of drug-likeness (QED) is 0.640. The highest BCUT2D eigenvalue weighted by molar-refractivity contribution is 6.28. The van der Waals surface area contributed by atoms with Crippen LogP contribution in [0.3, 0.4) is 0 Å². The van der Waals surface area contributed by atoms with Crippen LogP contribution < -0.4 is 5.32 Å². The Morgan fingerprint density at radius 1 is 1.47 bits per heavy atom. The fraction of sp³-hybridized carbons (Fsp3) is 0.455. The summed E-state index contributed by atoms with van der Waals surface area (Å²) < 4.78 is 5.06. The largest absolute Gasteiger partial charge is 0.477 e. The van der Waals surface area contributed by atoms with Crippen molar-refractivity contribution in [1.82, 2.24) is 9.97 Å². The van der Waals surface area contributed by atoms with E-state index in [4.69, 9.17) is 21.4 Å². The van der Waals surface area contributed by atoms with Gasteiger partial charge in [0.05, 0.1) is 0 Å². The Morgan fingerprint density at radius 2 is 2.11 bits per heavy atom. The standard InChI is InChI=1S/C11H14ClN3O4/c1-11(2,3)19-7(16)5-13-8-6(9(17)18)4-14-10(12)15-8/h4H,5H2,1-3H3,(H,17,18)(H,13,14,15). The van der Waals surface area contributed by atoms with Gasteiger partial charge in [0.25, 0.3) is 0 Å². The van der Waals surface area contributed by atoms with E-state index < -0.39 is 17.5 Å². The molecule has 1 aromatic heterocycles. The fourth-order valence-electron chi connectivity index (χ4n) is 1.19. The van der Waals surface area contributed by atoms with Crippen molar-refractivity contribution < 1.29 is 19.4 Å². The Kier molecular flexibility index (Phi) is 4.66. The molecule has 104 valence electrons. The van der Waals surface area contributed by atoms with Gasteiger partial charge in [-0.15, -0.1) is 0 Å². The van der Waals surface area contributed by atoms with Crippen LogP contribution in [0.2, 0.25) is 5.28 Å². The van der Waals surface area contributed by atoms with Crippen LogP contribution in [0.15, 0.2) is 6.20 Å². The first-order chi connectivity index (χ1) is 8.69. The Labute approximate surface area is 115 Å². The topological polar surface area (TPSA) is 101 Å².